The molecule has 0 amide bonds. The molecule has 0 aromatic carbocycles. The average Bonchev–Trinajstić information content (AvgIpc) is 2.77. The van der Waals surface area contributed by atoms with E-state index in [0.29, 0.717) is 17.8 Å². The molecule has 3 atom stereocenters. The fourth-order valence-electron chi connectivity index (χ4n) is 3.26. The molecule has 4 nitrogen and oxygen atoms in total. The quantitative estimate of drug-likeness (QED) is 0.868. The lowest BCUT2D eigenvalue weighted by atomic mass is 10.00. The van der Waals surface area contributed by atoms with Crippen molar-refractivity contribution < 1.29 is 5.11 Å². The fraction of sp³-hybridized carbons (Fsp3) is 0.833. The molecule has 92 valence electrons. The molecule has 0 bridgehead atoms. The Kier molecular flexibility index (Phi) is 2.21. The van der Waals surface area contributed by atoms with E-state index in [1.165, 1.54) is 30.8 Å². The first kappa shape index (κ1) is 10.3. The molecular weight excluding hydrogens is 234 g/mol. The van der Waals surface area contributed by atoms with Gasteiger partial charge in [0.1, 0.15) is 5.82 Å². The zero-order valence-electron chi connectivity index (χ0n) is 9.75. The van der Waals surface area contributed by atoms with Crippen LogP contribution in [-0.4, -0.2) is 33.7 Å². The Labute approximate surface area is 105 Å². The summed E-state index contributed by atoms with van der Waals surface area (Å²) in [6.45, 7) is 2.05. The monoisotopic (exact) mass is 251 g/mol. The van der Waals surface area contributed by atoms with Gasteiger partial charge in [-0.25, -0.2) is 4.98 Å². The second-order valence-corrected chi connectivity index (χ2v) is 6.41. The van der Waals surface area contributed by atoms with Crippen LogP contribution in [-0.2, 0) is 0 Å². The van der Waals surface area contributed by atoms with Crippen LogP contribution in [0.1, 0.15) is 37.4 Å². The number of hydrogen-bond acceptors (Lipinski definition) is 5. The lowest BCUT2D eigenvalue weighted by molar-refractivity contribution is 0.133. The second kappa shape index (κ2) is 3.65. The molecular formula is C12H17N3OS. The van der Waals surface area contributed by atoms with Gasteiger partial charge in [0, 0.05) is 36.5 Å². The van der Waals surface area contributed by atoms with E-state index in [1.54, 1.807) is 0 Å². The Morgan fingerprint density at radius 3 is 2.82 bits per heavy atom. The number of aliphatic hydroxyl groups is 1. The van der Waals surface area contributed by atoms with Crippen molar-refractivity contribution in [1.82, 2.24) is 9.36 Å². The number of hydrogen-bond donors (Lipinski definition) is 1. The number of fused-ring (bicyclic) bond motifs is 1. The van der Waals surface area contributed by atoms with Crippen molar-refractivity contribution in [3.8, 4) is 0 Å². The number of nitrogens with zero attached hydrogens (tertiary/aromatic N) is 3. The van der Waals surface area contributed by atoms with Gasteiger partial charge in [-0.1, -0.05) is 0 Å². The first-order chi connectivity index (χ1) is 8.31. The molecule has 2 aliphatic carbocycles. The second-order valence-electron chi connectivity index (χ2n) is 5.68. The lowest BCUT2D eigenvalue weighted by Crippen LogP contribution is -2.24. The van der Waals surface area contributed by atoms with Crippen molar-refractivity contribution in [2.24, 2.45) is 11.8 Å². The predicted molar refractivity (Wildman–Crippen MR) is 66.3 cm³/mol. The van der Waals surface area contributed by atoms with Gasteiger partial charge in [-0.05, 0) is 31.6 Å². The first-order valence-electron chi connectivity index (χ1n) is 6.58. The predicted octanol–water partition coefficient (Wildman–Crippen LogP) is 1.62. The third-order valence-corrected chi connectivity index (χ3v) is 5.25. The summed E-state index contributed by atoms with van der Waals surface area (Å²) < 4.78 is 4.46. The van der Waals surface area contributed by atoms with Crippen molar-refractivity contribution in [1.29, 1.82) is 0 Å². The minimum atomic E-state index is -0.0826. The Morgan fingerprint density at radius 1 is 1.18 bits per heavy atom. The Morgan fingerprint density at radius 2 is 2.06 bits per heavy atom. The standard InChI is InChI=1S/C12H17N3OS/c16-10-4-3-8-5-15(6-9(8)10)12-13-11(14-17-12)7-1-2-7/h7-10,16H,1-6H2. The van der Waals surface area contributed by atoms with Crippen LogP contribution in [0.3, 0.4) is 0 Å². The van der Waals surface area contributed by atoms with Gasteiger partial charge in [0.05, 0.1) is 6.10 Å². The minimum Gasteiger partial charge on any atom is -0.393 e. The molecule has 3 unspecified atom stereocenters. The van der Waals surface area contributed by atoms with Crippen LogP contribution in [0.15, 0.2) is 0 Å². The van der Waals surface area contributed by atoms with Gasteiger partial charge < -0.3 is 10.0 Å². The van der Waals surface area contributed by atoms with Gasteiger partial charge in [-0.3, -0.25) is 0 Å². The highest BCUT2D eigenvalue weighted by atomic mass is 32.1. The van der Waals surface area contributed by atoms with Crippen molar-refractivity contribution in [3.05, 3.63) is 5.82 Å². The van der Waals surface area contributed by atoms with Crippen LogP contribution in [0.5, 0.6) is 0 Å². The highest BCUT2D eigenvalue weighted by molar-refractivity contribution is 7.09. The van der Waals surface area contributed by atoms with Crippen molar-refractivity contribution in [3.63, 3.8) is 0 Å². The molecule has 3 aliphatic rings. The molecule has 1 N–H and O–H groups in total. The van der Waals surface area contributed by atoms with Gasteiger partial charge in [0.25, 0.3) is 0 Å². The number of aromatic nitrogens is 2. The van der Waals surface area contributed by atoms with Crippen LogP contribution in [0.4, 0.5) is 5.13 Å². The number of aliphatic hydroxyl groups excluding tert-OH is 1. The largest absolute Gasteiger partial charge is 0.393 e. The summed E-state index contributed by atoms with van der Waals surface area (Å²) in [7, 11) is 0. The van der Waals surface area contributed by atoms with Crippen LogP contribution in [0.2, 0.25) is 0 Å². The lowest BCUT2D eigenvalue weighted by Gasteiger charge is -2.16. The van der Waals surface area contributed by atoms with Crippen molar-refractivity contribution in [2.75, 3.05) is 18.0 Å². The molecule has 1 aromatic rings. The molecule has 3 fully saturated rings. The molecule has 1 aliphatic heterocycles. The molecule has 5 heteroatoms. The number of rotatable bonds is 2. The maximum absolute atomic E-state index is 9.91. The molecule has 2 heterocycles. The van der Waals surface area contributed by atoms with E-state index < -0.39 is 0 Å². The van der Waals surface area contributed by atoms with Crippen LogP contribution < -0.4 is 4.90 Å². The Balaban J connectivity index is 1.52. The van der Waals surface area contributed by atoms with E-state index in [1.807, 2.05) is 0 Å². The first-order valence-corrected chi connectivity index (χ1v) is 7.35. The molecule has 0 radical (unpaired) electrons. The minimum absolute atomic E-state index is 0.0826. The maximum Gasteiger partial charge on any atom is 0.205 e. The summed E-state index contributed by atoms with van der Waals surface area (Å²) in [5.41, 5.74) is 0. The summed E-state index contributed by atoms with van der Waals surface area (Å²) in [5.74, 6) is 2.86. The molecule has 0 spiro atoms. The van der Waals surface area contributed by atoms with E-state index in [4.69, 9.17) is 0 Å². The van der Waals surface area contributed by atoms with Crippen molar-refractivity contribution >= 4 is 16.7 Å². The summed E-state index contributed by atoms with van der Waals surface area (Å²) in [4.78, 5) is 6.99. The zero-order valence-corrected chi connectivity index (χ0v) is 10.6. The van der Waals surface area contributed by atoms with Crippen LogP contribution in [0, 0.1) is 11.8 Å². The smallest absolute Gasteiger partial charge is 0.205 e. The Bertz CT molecular complexity index is 431. The van der Waals surface area contributed by atoms with Crippen molar-refractivity contribution in [2.45, 2.75) is 37.7 Å². The van der Waals surface area contributed by atoms with Gasteiger partial charge in [0.2, 0.25) is 5.13 Å². The van der Waals surface area contributed by atoms with Gasteiger partial charge >= 0.3 is 0 Å². The topological polar surface area (TPSA) is 49.2 Å². The normalized spacial score (nSPS) is 36.5. The molecule has 1 aromatic heterocycles. The van der Waals surface area contributed by atoms with Crippen LogP contribution in [0.25, 0.3) is 0 Å². The molecule has 4 rings (SSSR count). The average molecular weight is 251 g/mol. The van der Waals surface area contributed by atoms with Gasteiger partial charge in [-0.15, -0.1) is 0 Å². The summed E-state index contributed by atoms with van der Waals surface area (Å²) in [5, 5.41) is 11.0. The zero-order chi connectivity index (χ0) is 11.4. The molecule has 2 saturated carbocycles. The van der Waals surface area contributed by atoms with E-state index >= 15 is 0 Å². The SMILES string of the molecule is OC1CCC2CN(c3nc(C4CC4)ns3)CC12. The highest BCUT2D eigenvalue weighted by Crippen LogP contribution is 2.42. The van der Waals surface area contributed by atoms with Gasteiger partial charge in [-0.2, -0.15) is 4.37 Å². The molecule has 17 heavy (non-hydrogen) atoms. The third kappa shape index (κ3) is 1.67. The van der Waals surface area contributed by atoms with Gasteiger partial charge in [0.15, 0.2) is 0 Å². The van der Waals surface area contributed by atoms with E-state index in [2.05, 4.69) is 14.3 Å². The summed E-state index contributed by atoms with van der Waals surface area (Å²) in [6.07, 6.45) is 4.62. The summed E-state index contributed by atoms with van der Waals surface area (Å²) >= 11 is 1.54. The summed E-state index contributed by atoms with van der Waals surface area (Å²) in [6, 6.07) is 0. The van der Waals surface area contributed by atoms with E-state index in [0.717, 1.165) is 30.5 Å². The van der Waals surface area contributed by atoms with E-state index in [-0.39, 0.29) is 6.10 Å². The maximum atomic E-state index is 9.91. The van der Waals surface area contributed by atoms with E-state index in [9.17, 15) is 5.11 Å². The number of anilines is 1. The Hall–Kier alpha value is -0.680. The fourth-order valence-corrected chi connectivity index (χ4v) is 4.02. The van der Waals surface area contributed by atoms with Crippen LogP contribution >= 0.6 is 11.5 Å². The third-order valence-electron chi connectivity index (χ3n) is 4.46. The highest BCUT2D eigenvalue weighted by Gasteiger charge is 2.42. The molecule has 1 saturated heterocycles.